The molecule has 3 rings (SSSR count). The van der Waals surface area contributed by atoms with Crippen molar-refractivity contribution in [3.63, 3.8) is 0 Å². The molecule has 1 aromatic heterocycles. The number of nitrogens with zero attached hydrogens (tertiary/aromatic N) is 1. The maximum Gasteiger partial charge on any atom is 0.269 e. The third kappa shape index (κ3) is 2.78. The first-order valence-electron chi connectivity index (χ1n) is 7.07. The molecule has 0 radical (unpaired) electrons. The number of halogens is 1. The maximum atomic E-state index is 12.1. The van der Waals surface area contributed by atoms with Crippen molar-refractivity contribution >= 4 is 28.3 Å². The summed E-state index contributed by atoms with van der Waals surface area (Å²) in [6.07, 6.45) is 5.00. The highest BCUT2D eigenvalue weighted by molar-refractivity contribution is 6.34. The van der Waals surface area contributed by atoms with Gasteiger partial charge in [0, 0.05) is 11.9 Å². The summed E-state index contributed by atoms with van der Waals surface area (Å²) in [7, 11) is 0. The summed E-state index contributed by atoms with van der Waals surface area (Å²) in [5.74, 6) is 0.653. The van der Waals surface area contributed by atoms with Crippen LogP contribution in [0.1, 0.15) is 36.2 Å². The van der Waals surface area contributed by atoms with Gasteiger partial charge >= 0.3 is 0 Å². The van der Waals surface area contributed by atoms with Crippen molar-refractivity contribution < 1.29 is 4.79 Å². The van der Waals surface area contributed by atoms with Gasteiger partial charge in [0.15, 0.2) is 0 Å². The number of carbonyl (C=O) groups excluding carboxylic acids is 1. The fraction of sp³-hybridized carbons (Fsp3) is 0.375. The molecule has 3 nitrogen and oxygen atoms in total. The fourth-order valence-corrected chi connectivity index (χ4v) is 2.80. The van der Waals surface area contributed by atoms with E-state index in [0.29, 0.717) is 10.8 Å². The quantitative estimate of drug-likeness (QED) is 0.869. The summed E-state index contributed by atoms with van der Waals surface area (Å²) in [4.78, 5) is 16.3. The Morgan fingerprint density at radius 2 is 2.15 bits per heavy atom. The van der Waals surface area contributed by atoms with Crippen molar-refractivity contribution in [3.8, 4) is 0 Å². The SMILES string of the molecule is O=C(NCCC1CCC1)c1cc2ccccc2c(Cl)n1. The van der Waals surface area contributed by atoms with Crippen LogP contribution in [0.5, 0.6) is 0 Å². The molecule has 1 fully saturated rings. The lowest BCUT2D eigenvalue weighted by Crippen LogP contribution is -2.28. The number of pyridine rings is 1. The molecule has 1 aromatic carbocycles. The first-order chi connectivity index (χ1) is 9.74. The molecule has 0 aliphatic heterocycles. The van der Waals surface area contributed by atoms with Crippen LogP contribution in [0.2, 0.25) is 5.15 Å². The molecule has 0 spiro atoms. The van der Waals surface area contributed by atoms with E-state index in [1.807, 2.05) is 24.3 Å². The first-order valence-corrected chi connectivity index (χ1v) is 7.45. The molecule has 0 bridgehead atoms. The Balaban J connectivity index is 1.70. The van der Waals surface area contributed by atoms with E-state index >= 15 is 0 Å². The number of carbonyl (C=O) groups is 1. The normalized spacial score (nSPS) is 15.1. The van der Waals surface area contributed by atoms with Gasteiger partial charge in [0.05, 0.1) is 0 Å². The minimum atomic E-state index is -0.142. The zero-order valence-electron chi connectivity index (χ0n) is 11.2. The molecule has 2 aromatic rings. The van der Waals surface area contributed by atoms with Gasteiger partial charge in [-0.05, 0) is 23.8 Å². The van der Waals surface area contributed by atoms with Gasteiger partial charge in [0.25, 0.3) is 5.91 Å². The molecule has 104 valence electrons. The van der Waals surface area contributed by atoms with Crippen LogP contribution in [0.3, 0.4) is 0 Å². The van der Waals surface area contributed by atoms with E-state index in [4.69, 9.17) is 11.6 Å². The van der Waals surface area contributed by atoms with E-state index < -0.39 is 0 Å². The van der Waals surface area contributed by atoms with Crippen LogP contribution in [0.25, 0.3) is 10.8 Å². The van der Waals surface area contributed by atoms with Crippen molar-refractivity contribution in [2.75, 3.05) is 6.54 Å². The molecule has 0 saturated heterocycles. The number of nitrogens with one attached hydrogen (secondary N) is 1. The van der Waals surface area contributed by atoms with Crippen LogP contribution >= 0.6 is 11.6 Å². The smallest absolute Gasteiger partial charge is 0.269 e. The summed E-state index contributed by atoms with van der Waals surface area (Å²) >= 11 is 6.13. The maximum absolute atomic E-state index is 12.1. The molecule has 1 saturated carbocycles. The van der Waals surface area contributed by atoms with E-state index in [9.17, 15) is 4.79 Å². The largest absolute Gasteiger partial charge is 0.351 e. The summed E-state index contributed by atoms with van der Waals surface area (Å²) in [6.45, 7) is 0.718. The summed E-state index contributed by atoms with van der Waals surface area (Å²) in [5, 5.41) is 5.13. The Morgan fingerprint density at radius 1 is 1.35 bits per heavy atom. The monoisotopic (exact) mass is 288 g/mol. The van der Waals surface area contributed by atoms with Gasteiger partial charge in [-0.3, -0.25) is 4.79 Å². The molecule has 1 aliphatic rings. The van der Waals surface area contributed by atoms with Gasteiger partial charge in [-0.15, -0.1) is 0 Å². The molecule has 0 unspecified atom stereocenters. The molecular weight excluding hydrogens is 272 g/mol. The van der Waals surface area contributed by atoms with Crippen molar-refractivity contribution in [2.45, 2.75) is 25.7 Å². The van der Waals surface area contributed by atoms with Crippen LogP contribution in [0, 0.1) is 5.92 Å². The molecular formula is C16H17ClN2O. The molecule has 20 heavy (non-hydrogen) atoms. The van der Waals surface area contributed by atoms with Gasteiger partial charge in [-0.25, -0.2) is 4.98 Å². The van der Waals surface area contributed by atoms with E-state index in [2.05, 4.69) is 10.3 Å². The summed E-state index contributed by atoms with van der Waals surface area (Å²) in [5.41, 5.74) is 0.391. The molecule has 4 heteroatoms. The highest BCUT2D eigenvalue weighted by Crippen LogP contribution is 2.28. The van der Waals surface area contributed by atoms with E-state index in [1.165, 1.54) is 19.3 Å². The van der Waals surface area contributed by atoms with Crippen molar-refractivity contribution in [1.29, 1.82) is 0 Å². The summed E-state index contributed by atoms with van der Waals surface area (Å²) < 4.78 is 0. The Bertz CT molecular complexity index is 637. The Morgan fingerprint density at radius 3 is 2.90 bits per heavy atom. The Hall–Kier alpha value is -1.61. The Labute approximate surface area is 123 Å². The predicted octanol–water partition coefficient (Wildman–Crippen LogP) is 3.81. The van der Waals surface area contributed by atoms with Gasteiger partial charge < -0.3 is 5.32 Å². The minimum Gasteiger partial charge on any atom is -0.351 e. The number of amides is 1. The highest BCUT2D eigenvalue weighted by atomic mass is 35.5. The number of rotatable bonds is 4. The fourth-order valence-electron chi connectivity index (χ4n) is 2.53. The predicted molar refractivity (Wildman–Crippen MR) is 81.0 cm³/mol. The highest BCUT2D eigenvalue weighted by Gasteiger charge is 2.17. The molecule has 1 N–H and O–H groups in total. The lowest BCUT2D eigenvalue weighted by atomic mass is 9.83. The lowest BCUT2D eigenvalue weighted by Gasteiger charge is -2.25. The molecule has 1 amide bonds. The van der Waals surface area contributed by atoms with Crippen molar-refractivity contribution in [1.82, 2.24) is 10.3 Å². The third-order valence-electron chi connectivity index (χ3n) is 3.99. The number of hydrogen-bond acceptors (Lipinski definition) is 2. The van der Waals surface area contributed by atoms with E-state index in [1.54, 1.807) is 6.07 Å². The average molecular weight is 289 g/mol. The van der Waals surface area contributed by atoms with Crippen molar-refractivity contribution in [2.24, 2.45) is 5.92 Å². The van der Waals surface area contributed by atoms with Crippen LogP contribution in [-0.2, 0) is 0 Å². The number of aromatic nitrogens is 1. The first kappa shape index (κ1) is 13.4. The van der Waals surface area contributed by atoms with Gasteiger partial charge in [0.2, 0.25) is 0 Å². The zero-order valence-corrected chi connectivity index (χ0v) is 12.0. The Kier molecular flexibility index (Phi) is 3.88. The average Bonchev–Trinajstić information content (AvgIpc) is 2.41. The minimum absolute atomic E-state index is 0.142. The second-order valence-corrected chi connectivity index (χ2v) is 5.72. The van der Waals surface area contributed by atoms with Gasteiger partial charge in [0.1, 0.15) is 10.8 Å². The number of fused-ring (bicyclic) bond motifs is 1. The van der Waals surface area contributed by atoms with E-state index in [0.717, 1.165) is 29.7 Å². The van der Waals surface area contributed by atoms with Crippen molar-refractivity contribution in [3.05, 3.63) is 41.2 Å². The number of benzene rings is 1. The van der Waals surface area contributed by atoms with E-state index in [-0.39, 0.29) is 5.91 Å². The van der Waals surface area contributed by atoms with Crippen LogP contribution in [0.4, 0.5) is 0 Å². The number of hydrogen-bond donors (Lipinski definition) is 1. The van der Waals surface area contributed by atoms with Crippen LogP contribution in [0.15, 0.2) is 30.3 Å². The zero-order chi connectivity index (χ0) is 13.9. The third-order valence-corrected chi connectivity index (χ3v) is 4.28. The second kappa shape index (κ2) is 5.80. The summed E-state index contributed by atoms with van der Waals surface area (Å²) in [6, 6.07) is 9.47. The van der Waals surface area contributed by atoms with Crippen LogP contribution < -0.4 is 5.32 Å². The molecule has 1 heterocycles. The lowest BCUT2D eigenvalue weighted by molar-refractivity contribution is 0.0944. The molecule has 0 atom stereocenters. The van der Waals surface area contributed by atoms with Crippen LogP contribution in [-0.4, -0.2) is 17.4 Å². The second-order valence-electron chi connectivity index (χ2n) is 5.36. The van der Waals surface area contributed by atoms with Gasteiger partial charge in [-0.2, -0.15) is 0 Å². The standard InChI is InChI=1S/C16H17ClN2O/c17-15-13-7-2-1-6-12(13)10-14(19-15)16(20)18-9-8-11-4-3-5-11/h1-2,6-7,10-11H,3-5,8-9H2,(H,18,20). The molecule has 1 aliphatic carbocycles. The van der Waals surface area contributed by atoms with Gasteiger partial charge in [-0.1, -0.05) is 55.1 Å². The topological polar surface area (TPSA) is 42.0 Å².